The SMILES string of the molecule is CC(C)(C)c1cccc(C=CCS(=O)(=O)n2c(Cc3ccc(F)c(C(=O)O)c3)cc3cc(C(F)(F)F)ccc32)c1. The van der Waals surface area contributed by atoms with Crippen LogP contribution in [0.15, 0.2) is 72.8 Å². The van der Waals surface area contributed by atoms with Crippen molar-refractivity contribution in [2.75, 3.05) is 5.75 Å². The third kappa shape index (κ3) is 6.28. The predicted molar refractivity (Wildman–Crippen MR) is 146 cm³/mol. The quantitative estimate of drug-likeness (QED) is 0.236. The summed E-state index contributed by atoms with van der Waals surface area (Å²) in [5, 5.41) is 9.31. The second kappa shape index (κ2) is 10.6. The summed E-state index contributed by atoms with van der Waals surface area (Å²) in [6, 6.07) is 15.1. The topological polar surface area (TPSA) is 76.4 Å². The third-order valence-electron chi connectivity index (χ3n) is 6.45. The first-order chi connectivity index (χ1) is 18.6. The van der Waals surface area contributed by atoms with Gasteiger partial charge in [-0.2, -0.15) is 13.2 Å². The molecule has 0 saturated heterocycles. The van der Waals surface area contributed by atoms with E-state index in [1.54, 1.807) is 6.08 Å². The molecule has 0 bridgehead atoms. The molecule has 1 aromatic heterocycles. The number of aromatic carboxylic acids is 1. The molecule has 40 heavy (non-hydrogen) atoms. The van der Waals surface area contributed by atoms with Gasteiger partial charge in [-0.25, -0.2) is 21.6 Å². The second-order valence-electron chi connectivity index (χ2n) is 10.5. The van der Waals surface area contributed by atoms with E-state index < -0.39 is 44.9 Å². The van der Waals surface area contributed by atoms with Gasteiger partial charge in [0.25, 0.3) is 0 Å². The molecule has 210 valence electrons. The van der Waals surface area contributed by atoms with Crippen molar-refractivity contribution in [1.82, 2.24) is 3.97 Å². The van der Waals surface area contributed by atoms with Gasteiger partial charge in [-0.05, 0) is 58.5 Å². The van der Waals surface area contributed by atoms with Gasteiger partial charge in [0.15, 0.2) is 0 Å². The Morgan fingerprint density at radius 3 is 2.33 bits per heavy atom. The summed E-state index contributed by atoms with van der Waals surface area (Å²) in [6.45, 7) is 6.18. The van der Waals surface area contributed by atoms with E-state index in [1.165, 1.54) is 18.2 Å². The molecule has 4 rings (SSSR count). The molecule has 0 aliphatic carbocycles. The summed E-state index contributed by atoms with van der Waals surface area (Å²) in [6.07, 6.45) is -1.66. The zero-order chi connectivity index (χ0) is 29.5. The summed E-state index contributed by atoms with van der Waals surface area (Å²) >= 11 is 0. The second-order valence-corrected chi connectivity index (χ2v) is 12.4. The van der Waals surface area contributed by atoms with Crippen molar-refractivity contribution in [2.45, 2.75) is 38.8 Å². The highest BCUT2D eigenvalue weighted by molar-refractivity contribution is 7.90. The lowest BCUT2D eigenvalue weighted by atomic mass is 9.86. The van der Waals surface area contributed by atoms with Gasteiger partial charge >= 0.3 is 12.1 Å². The molecule has 0 aliphatic rings. The van der Waals surface area contributed by atoms with Gasteiger partial charge in [0.05, 0.1) is 22.4 Å². The summed E-state index contributed by atoms with van der Waals surface area (Å²) in [5.74, 6) is -2.91. The molecule has 3 aromatic carbocycles. The number of hydrogen-bond donors (Lipinski definition) is 1. The molecule has 1 N–H and O–H groups in total. The van der Waals surface area contributed by atoms with Crippen LogP contribution in [0.2, 0.25) is 0 Å². The summed E-state index contributed by atoms with van der Waals surface area (Å²) < 4.78 is 82.2. The van der Waals surface area contributed by atoms with E-state index >= 15 is 0 Å². The molecule has 0 spiro atoms. The van der Waals surface area contributed by atoms with Crippen LogP contribution < -0.4 is 0 Å². The van der Waals surface area contributed by atoms with Crippen LogP contribution in [-0.4, -0.2) is 29.2 Å². The molecule has 10 heteroatoms. The van der Waals surface area contributed by atoms with E-state index in [-0.39, 0.29) is 34.0 Å². The minimum atomic E-state index is -4.63. The van der Waals surface area contributed by atoms with E-state index in [0.717, 1.165) is 45.4 Å². The fraction of sp³-hybridized carbons (Fsp3) is 0.233. The van der Waals surface area contributed by atoms with Gasteiger partial charge < -0.3 is 5.11 Å². The molecule has 4 aromatic rings. The van der Waals surface area contributed by atoms with Gasteiger partial charge in [0, 0.05) is 17.5 Å². The number of carboxylic acid groups (broad SMARTS) is 1. The number of halogens is 4. The maximum atomic E-state index is 13.9. The van der Waals surface area contributed by atoms with Crippen molar-refractivity contribution in [3.8, 4) is 0 Å². The fourth-order valence-corrected chi connectivity index (χ4v) is 5.85. The summed E-state index contributed by atoms with van der Waals surface area (Å²) in [7, 11) is -4.13. The lowest BCUT2D eigenvalue weighted by Crippen LogP contribution is -2.18. The molecule has 0 amide bonds. The summed E-state index contributed by atoms with van der Waals surface area (Å²) in [5.41, 5.74) is 0.665. The van der Waals surface area contributed by atoms with Crippen LogP contribution in [0, 0.1) is 5.82 Å². The molecule has 0 unspecified atom stereocenters. The Hall–Kier alpha value is -3.92. The van der Waals surface area contributed by atoms with Crippen LogP contribution in [0.4, 0.5) is 17.6 Å². The van der Waals surface area contributed by atoms with Crippen LogP contribution in [0.1, 0.15) is 59.1 Å². The molecule has 0 aliphatic heterocycles. The van der Waals surface area contributed by atoms with Crippen LogP contribution in [0.3, 0.4) is 0 Å². The Balaban J connectivity index is 1.76. The third-order valence-corrected chi connectivity index (χ3v) is 8.05. The Morgan fingerprint density at radius 1 is 0.950 bits per heavy atom. The highest BCUT2D eigenvalue weighted by atomic mass is 32.2. The smallest absolute Gasteiger partial charge is 0.416 e. The Labute approximate surface area is 229 Å². The molecule has 0 fully saturated rings. The van der Waals surface area contributed by atoms with Crippen molar-refractivity contribution in [1.29, 1.82) is 0 Å². The van der Waals surface area contributed by atoms with Gasteiger partial charge in [0.1, 0.15) is 5.82 Å². The highest BCUT2D eigenvalue weighted by Crippen LogP contribution is 2.34. The normalized spacial score (nSPS) is 12.9. The maximum Gasteiger partial charge on any atom is 0.416 e. The highest BCUT2D eigenvalue weighted by Gasteiger charge is 2.31. The molecule has 0 saturated carbocycles. The first-order valence-electron chi connectivity index (χ1n) is 12.3. The Morgan fingerprint density at radius 2 is 1.68 bits per heavy atom. The number of fused-ring (bicyclic) bond motifs is 1. The first-order valence-corrected chi connectivity index (χ1v) is 13.9. The van der Waals surface area contributed by atoms with Crippen molar-refractivity contribution < 1.29 is 35.9 Å². The fourth-order valence-electron chi connectivity index (χ4n) is 4.42. The number of aromatic nitrogens is 1. The number of rotatable bonds is 7. The molecular formula is C30H27F4NO4S. The van der Waals surface area contributed by atoms with Crippen molar-refractivity contribution in [3.05, 3.63) is 112 Å². The number of carboxylic acids is 1. The van der Waals surface area contributed by atoms with Crippen molar-refractivity contribution in [2.24, 2.45) is 0 Å². The lowest BCUT2D eigenvalue weighted by molar-refractivity contribution is -0.137. The Kier molecular flexibility index (Phi) is 7.68. The molecule has 5 nitrogen and oxygen atoms in total. The van der Waals surface area contributed by atoms with E-state index in [2.05, 4.69) is 20.8 Å². The number of hydrogen-bond acceptors (Lipinski definition) is 3. The number of nitrogens with zero attached hydrogens (tertiary/aromatic N) is 1. The van der Waals surface area contributed by atoms with Gasteiger partial charge in [0.2, 0.25) is 10.0 Å². The largest absolute Gasteiger partial charge is 0.478 e. The minimum absolute atomic E-state index is 0.0479. The molecule has 0 atom stereocenters. The van der Waals surface area contributed by atoms with E-state index in [9.17, 15) is 35.9 Å². The van der Waals surface area contributed by atoms with Gasteiger partial charge in [-0.3, -0.25) is 0 Å². The molecule has 1 heterocycles. The van der Waals surface area contributed by atoms with Crippen LogP contribution in [0.5, 0.6) is 0 Å². The lowest BCUT2D eigenvalue weighted by Gasteiger charge is -2.19. The average molecular weight is 574 g/mol. The zero-order valence-corrected chi connectivity index (χ0v) is 22.8. The van der Waals surface area contributed by atoms with Crippen molar-refractivity contribution in [3.63, 3.8) is 0 Å². The maximum absolute atomic E-state index is 13.9. The molecule has 0 radical (unpaired) electrons. The first kappa shape index (κ1) is 29.1. The summed E-state index contributed by atoms with van der Waals surface area (Å²) in [4.78, 5) is 11.4. The minimum Gasteiger partial charge on any atom is -0.478 e. The van der Waals surface area contributed by atoms with Crippen LogP contribution >= 0.6 is 0 Å². The zero-order valence-electron chi connectivity index (χ0n) is 22.0. The number of alkyl halides is 3. The predicted octanol–water partition coefficient (Wildman–Crippen LogP) is 7.28. The van der Waals surface area contributed by atoms with E-state index in [1.807, 2.05) is 24.3 Å². The van der Waals surface area contributed by atoms with E-state index in [4.69, 9.17) is 0 Å². The van der Waals surface area contributed by atoms with Gasteiger partial charge in [-0.1, -0.05) is 63.3 Å². The average Bonchev–Trinajstić information content (AvgIpc) is 3.22. The van der Waals surface area contributed by atoms with Crippen LogP contribution in [0.25, 0.3) is 17.0 Å². The molecular weight excluding hydrogens is 546 g/mol. The van der Waals surface area contributed by atoms with Crippen LogP contribution in [-0.2, 0) is 28.0 Å². The monoisotopic (exact) mass is 573 g/mol. The standard InChI is InChI=1S/C30H27F4NO4S/c1-29(2,3)22-8-4-6-19(14-22)7-5-13-40(38,39)35-24(15-20-9-11-26(31)25(16-20)28(36)37)18-21-17-23(30(32,33)34)10-12-27(21)35/h4-12,14,16-18H,13,15H2,1-3H3,(H,36,37). The van der Waals surface area contributed by atoms with E-state index in [0.29, 0.717) is 0 Å². The Bertz CT molecular complexity index is 1730. The van der Waals surface area contributed by atoms with Crippen molar-refractivity contribution >= 4 is 33.0 Å². The number of carbonyl (C=O) groups is 1. The number of benzene rings is 3. The van der Waals surface area contributed by atoms with Gasteiger partial charge in [-0.15, -0.1) is 0 Å².